The van der Waals surface area contributed by atoms with Gasteiger partial charge in [-0.05, 0) is 121 Å². The van der Waals surface area contributed by atoms with Gasteiger partial charge in [0.2, 0.25) is 0 Å². The molecule has 1 aliphatic heterocycles. The van der Waals surface area contributed by atoms with Crippen LogP contribution in [0.1, 0.15) is 104 Å². The number of fused-ring (bicyclic) bond motifs is 12. The third-order valence-electron chi connectivity index (χ3n) is 14.0. The monoisotopic (exact) mass is 794 g/mol. The molecule has 3 nitrogen and oxygen atoms in total. The van der Waals surface area contributed by atoms with E-state index in [0.717, 1.165) is 40.6 Å². The zero-order valence-electron chi connectivity index (χ0n) is 37.6. The fourth-order valence-corrected chi connectivity index (χ4v) is 10.7. The van der Waals surface area contributed by atoms with Crippen molar-refractivity contribution in [3.8, 4) is 27.9 Å². The molecule has 0 unspecified atom stereocenters. The second kappa shape index (κ2) is 12.5. The van der Waals surface area contributed by atoms with Gasteiger partial charge in [-0.15, -0.1) is 0 Å². The molecule has 0 fully saturated rings. The van der Waals surface area contributed by atoms with Gasteiger partial charge in [0.05, 0.1) is 5.52 Å². The lowest BCUT2D eigenvalue weighted by molar-refractivity contribution is 0.590. The summed E-state index contributed by atoms with van der Waals surface area (Å²) in [6.07, 6.45) is 0. The number of furan rings is 1. The summed E-state index contributed by atoms with van der Waals surface area (Å²) in [7, 11) is 0.784. The first-order valence-corrected chi connectivity index (χ1v) is 22.1. The highest BCUT2D eigenvalue weighted by atomic mass is 16.3. The molecule has 0 radical (unpaired) electrons. The van der Waals surface area contributed by atoms with Crippen molar-refractivity contribution in [1.29, 1.82) is 0 Å². The van der Waals surface area contributed by atoms with Gasteiger partial charge in [0, 0.05) is 55.1 Å². The lowest BCUT2D eigenvalue weighted by atomic mass is 9.57. The zero-order chi connectivity index (χ0) is 42.5. The number of benzene rings is 7. The lowest BCUT2D eigenvalue weighted by Crippen LogP contribution is -2.38. The van der Waals surface area contributed by atoms with Crippen LogP contribution in [0.4, 0.5) is 11.4 Å². The van der Waals surface area contributed by atoms with E-state index in [0.29, 0.717) is 0 Å². The van der Waals surface area contributed by atoms with Crippen molar-refractivity contribution in [2.24, 2.45) is 0 Å². The van der Waals surface area contributed by atoms with Gasteiger partial charge >= 0.3 is 0 Å². The van der Waals surface area contributed by atoms with Crippen molar-refractivity contribution in [2.75, 3.05) is 5.32 Å². The van der Waals surface area contributed by atoms with Crippen molar-refractivity contribution in [1.82, 2.24) is 4.57 Å². The Morgan fingerprint density at radius 2 is 1.23 bits per heavy atom. The summed E-state index contributed by atoms with van der Waals surface area (Å²) in [6.45, 7) is 25.8. The molecule has 0 atom stereocenters. The second-order valence-corrected chi connectivity index (χ2v) is 21.5. The highest BCUT2D eigenvalue weighted by Gasteiger charge is 2.43. The smallest absolute Gasteiger partial charge is 0.198 e. The average Bonchev–Trinajstić information content (AvgIpc) is 3.82. The average molecular weight is 795 g/mol. The van der Waals surface area contributed by atoms with E-state index >= 15 is 0 Å². The van der Waals surface area contributed by atoms with Crippen molar-refractivity contribution in [2.45, 2.75) is 97.8 Å². The highest BCUT2D eigenvalue weighted by molar-refractivity contribution is 6.74. The van der Waals surface area contributed by atoms with E-state index in [-0.39, 0.29) is 21.7 Å². The molecule has 11 rings (SSSR count). The number of nitrogens with one attached hydrogen (secondary N) is 1. The Bertz CT molecular complexity index is 3320. The molecule has 1 N–H and O–H groups in total. The maximum Gasteiger partial charge on any atom is 0.198 e. The van der Waals surface area contributed by atoms with Gasteiger partial charge in [0.1, 0.15) is 11.2 Å². The van der Waals surface area contributed by atoms with E-state index < -0.39 is 0 Å². The molecular weight excluding hydrogens is 739 g/mol. The number of hydrogen-bond donors (Lipinski definition) is 1. The summed E-state index contributed by atoms with van der Waals surface area (Å²) < 4.78 is 9.24. The molecular formula is C57H55BN2O. The summed E-state index contributed by atoms with van der Waals surface area (Å²) in [5.41, 5.74) is 22.4. The van der Waals surface area contributed by atoms with Crippen LogP contribution in [-0.2, 0) is 21.7 Å². The quantitative estimate of drug-likeness (QED) is 0.181. The van der Waals surface area contributed by atoms with Gasteiger partial charge in [-0.2, -0.15) is 0 Å². The van der Waals surface area contributed by atoms with Crippen LogP contribution in [0.15, 0.2) is 126 Å². The van der Waals surface area contributed by atoms with E-state index in [1.165, 1.54) is 88.5 Å². The van der Waals surface area contributed by atoms with Gasteiger partial charge in [-0.25, -0.2) is 0 Å². The lowest BCUT2D eigenvalue weighted by Gasteiger charge is -2.29. The normalized spacial score (nSPS) is 14.4. The summed E-state index contributed by atoms with van der Waals surface area (Å²) >= 11 is 0. The molecule has 0 spiro atoms. The first-order valence-electron chi connectivity index (χ1n) is 22.1. The number of nitrogens with zero attached hydrogens (tertiary/aromatic N) is 1. The predicted molar refractivity (Wildman–Crippen MR) is 263 cm³/mol. The summed E-state index contributed by atoms with van der Waals surface area (Å²) in [5, 5.41) is 9.02. The summed E-state index contributed by atoms with van der Waals surface area (Å²) in [4.78, 5) is 0. The van der Waals surface area contributed by atoms with Crippen molar-refractivity contribution < 1.29 is 4.42 Å². The maximum absolute atomic E-state index is 6.61. The third kappa shape index (κ3) is 5.57. The fourth-order valence-electron chi connectivity index (χ4n) is 10.7. The third-order valence-corrected chi connectivity index (χ3v) is 14.0. The topological polar surface area (TPSA) is 30.1 Å². The minimum absolute atomic E-state index is 0.00789. The summed E-state index contributed by atoms with van der Waals surface area (Å²) in [6, 6.07) is 46.0. The second-order valence-electron chi connectivity index (χ2n) is 21.5. The highest BCUT2D eigenvalue weighted by Crippen LogP contribution is 2.57. The first kappa shape index (κ1) is 38.0. The molecule has 1 aliphatic carbocycles. The van der Waals surface area contributed by atoms with E-state index in [1.807, 2.05) is 0 Å². The Morgan fingerprint density at radius 3 is 1.97 bits per heavy atom. The molecule has 4 heteroatoms. The molecule has 0 saturated heterocycles. The Hall–Kier alpha value is -6.00. The van der Waals surface area contributed by atoms with Crippen LogP contribution in [0.5, 0.6) is 0 Å². The van der Waals surface area contributed by atoms with Crippen LogP contribution in [0.3, 0.4) is 0 Å². The van der Waals surface area contributed by atoms with Crippen molar-refractivity contribution >= 4 is 73.3 Å². The van der Waals surface area contributed by atoms with Gasteiger partial charge in [-0.1, -0.05) is 148 Å². The molecule has 0 saturated carbocycles. The molecule has 2 aromatic heterocycles. The Balaban J connectivity index is 1.31. The van der Waals surface area contributed by atoms with E-state index in [4.69, 9.17) is 4.42 Å². The molecule has 3 heterocycles. The molecule has 0 bridgehead atoms. The predicted octanol–water partition coefficient (Wildman–Crippen LogP) is 14.0. The Morgan fingerprint density at radius 1 is 0.574 bits per heavy atom. The van der Waals surface area contributed by atoms with Crippen LogP contribution in [0.2, 0.25) is 0 Å². The molecule has 0 amide bonds. The van der Waals surface area contributed by atoms with Crippen LogP contribution >= 0.6 is 0 Å². The number of rotatable bonds is 3. The SMILES string of the molecule is CC(C)(C)c1ccc(Nc2ccc(C(C)(C)C)cc2-c2c3c(c4c5cc(C(C)(C)C)ccc5n5c4c2Bc2cc4oc6ccccc6c4cc2-5)C(C)(C)c2ccccc2-3)cc1. The van der Waals surface area contributed by atoms with Crippen molar-refractivity contribution in [3.63, 3.8) is 0 Å². The Labute approximate surface area is 361 Å². The maximum atomic E-state index is 6.61. The van der Waals surface area contributed by atoms with E-state index in [9.17, 15) is 0 Å². The van der Waals surface area contributed by atoms with Gasteiger partial charge in [-0.3, -0.25) is 0 Å². The number of para-hydroxylation sites is 1. The minimum atomic E-state index is -0.251. The zero-order valence-corrected chi connectivity index (χ0v) is 37.6. The number of aromatic nitrogens is 1. The molecule has 61 heavy (non-hydrogen) atoms. The largest absolute Gasteiger partial charge is 0.456 e. The molecule has 9 aromatic rings. The Kier molecular flexibility index (Phi) is 7.80. The van der Waals surface area contributed by atoms with Gasteiger partial charge in [0.25, 0.3) is 0 Å². The van der Waals surface area contributed by atoms with Gasteiger partial charge in [0.15, 0.2) is 7.28 Å². The van der Waals surface area contributed by atoms with Crippen LogP contribution in [0, 0.1) is 0 Å². The fraction of sp³-hybridized carbons (Fsp3) is 0.263. The van der Waals surface area contributed by atoms with E-state index in [2.05, 4.69) is 207 Å². The molecule has 7 aromatic carbocycles. The van der Waals surface area contributed by atoms with Crippen LogP contribution < -0.4 is 16.2 Å². The van der Waals surface area contributed by atoms with E-state index in [1.54, 1.807) is 0 Å². The van der Waals surface area contributed by atoms with Gasteiger partial charge < -0.3 is 14.3 Å². The molecule has 302 valence electrons. The standard InChI is InChI=1S/C57H55BN2O/c1-54(2,3)32-20-24-35(25-21-32)59-43-26-22-33(55(4,5)6)28-39(43)49-48-37-17-12-14-18-41(37)57(10,11)51(48)50-40-29-34(56(7,8)9)23-27-44(40)60-45-30-38-36-16-13-15-19-46(36)61-47(38)31-42(45)58-52(49)53(50)60/h12-31,58-59H,1-11H3. The minimum Gasteiger partial charge on any atom is -0.456 e. The number of anilines is 2. The summed E-state index contributed by atoms with van der Waals surface area (Å²) in [5.74, 6) is 0. The van der Waals surface area contributed by atoms with Crippen molar-refractivity contribution in [3.05, 3.63) is 149 Å². The molecule has 2 aliphatic rings. The van der Waals surface area contributed by atoms with Crippen LogP contribution in [-0.4, -0.2) is 11.8 Å². The van der Waals surface area contributed by atoms with Crippen LogP contribution in [0.25, 0.3) is 71.7 Å². The number of hydrogen-bond acceptors (Lipinski definition) is 2. The first-order chi connectivity index (χ1) is 28.9.